The van der Waals surface area contributed by atoms with Crippen LogP contribution >= 0.6 is 0 Å². The number of nitrogens with two attached hydrogens (primary N) is 1. The van der Waals surface area contributed by atoms with Crippen LogP contribution in [0.15, 0.2) is 72.6 Å². The van der Waals surface area contributed by atoms with Crippen molar-refractivity contribution in [3.05, 3.63) is 78.1 Å². The summed E-state index contributed by atoms with van der Waals surface area (Å²) in [5.74, 6) is 0.334. The molecule has 0 atom stereocenters. The van der Waals surface area contributed by atoms with Crippen LogP contribution in [-0.2, 0) is 16.0 Å². The van der Waals surface area contributed by atoms with Gasteiger partial charge in [-0.15, -0.1) is 0 Å². The first kappa shape index (κ1) is 25.3. The molecule has 0 amide bonds. The van der Waals surface area contributed by atoms with Gasteiger partial charge in [-0.1, -0.05) is 56.3 Å². The minimum atomic E-state index is -0.801. The van der Waals surface area contributed by atoms with E-state index in [1.54, 1.807) is 6.08 Å². The number of fused-ring (bicyclic) bond motifs is 1. The Labute approximate surface area is 222 Å². The highest BCUT2D eigenvalue weighted by Crippen LogP contribution is 2.43. The van der Waals surface area contributed by atoms with E-state index in [-0.39, 0.29) is 11.6 Å². The van der Waals surface area contributed by atoms with E-state index < -0.39 is 5.41 Å². The Bertz CT molecular complexity index is 1550. The fourth-order valence-electron chi connectivity index (χ4n) is 5.17. The lowest BCUT2D eigenvalue weighted by atomic mass is 9.60. The largest absolute Gasteiger partial charge is 0.383 e. The number of pyridine rings is 1. The Morgan fingerprint density at radius 2 is 1.53 bits per heavy atom. The minimum Gasteiger partial charge on any atom is -0.383 e. The van der Waals surface area contributed by atoms with Crippen molar-refractivity contribution in [2.75, 3.05) is 24.7 Å². The average molecular weight is 506 g/mol. The molecular weight excluding hydrogens is 474 g/mol. The summed E-state index contributed by atoms with van der Waals surface area (Å²) in [6, 6.07) is 18.3. The first-order chi connectivity index (χ1) is 18.3. The summed E-state index contributed by atoms with van der Waals surface area (Å²) in [6.07, 6.45) is 4.83. The van der Waals surface area contributed by atoms with Gasteiger partial charge >= 0.3 is 0 Å². The molecule has 0 radical (unpaired) electrons. The second-order valence-corrected chi connectivity index (χ2v) is 9.92. The molecule has 38 heavy (non-hydrogen) atoms. The highest BCUT2D eigenvalue weighted by molar-refractivity contribution is 6.41. The topological polar surface area (TPSA) is 102 Å². The van der Waals surface area contributed by atoms with Gasteiger partial charge in [-0.25, -0.2) is 15.0 Å². The molecule has 5 rings (SSSR count). The van der Waals surface area contributed by atoms with E-state index >= 15 is 0 Å². The number of carbonyl (C=O) groups excluding carboxylic acids is 2. The Hall–Kier alpha value is -4.39. The standard InChI is InChI=1S/C31H31N5O2/c1-5-31(6-2)27(37)23(28(31)38)16-9-19-7-10-20(11-8-19)24-17-25(21-12-14-22(15-13-21)36(3)4)35-30-26(24)29(32)33-18-34-30/h7-8,10-18H,5-6,9H2,1-4H3,(H2,32,33,34,35). The Kier molecular flexibility index (Phi) is 6.53. The molecule has 1 saturated carbocycles. The third-order valence-corrected chi connectivity index (χ3v) is 7.69. The highest BCUT2D eigenvalue weighted by atomic mass is 16.2. The smallest absolute Gasteiger partial charge is 0.180 e. The van der Waals surface area contributed by atoms with E-state index in [9.17, 15) is 9.59 Å². The molecule has 1 aliphatic rings. The molecule has 1 fully saturated rings. The van der Waals surface area contributed by atoms with Crippen LogP contribution < -0.4 is 10.6 Å². The van der Waals surface area contributed by atoms with E-state index in [0.29, 0.717) is 41.7 Å². The van der Waals surface area contributed by atoms with Gasteiger partial charge in [0.25, 0.3) is 0 Å². The summed E-state index contributed by atoms with van der Waals surface area (Å²) in [7, 11) is 4.01. The number of rotatable bonds is 7. The lowest BCUT2D eigenvalue weighted by molar-refractivity contribution is -0.146. The van der Waals surface area contributed by atoms with Crippen LogP contribution in [0, 0.1) is 5.41 Å². The minimum absolute atomic E-state index is 0.0194. The predicted octanol–water partition coefficient (Wildman–Crippen LogP) is 5.43. The van der Waals surface area contributed by atoms with Crippen LogP contribution in [0.5, 0.6) is 0 Å². The summed E-state index contributed by atoms with van der Waals surface area (Å²) in [5.41, 5.74) is 12.1. The highest BCUT2D eigenvalue weighted by Gasteiger charge is 2.55. The molecule has 1 aliphatic carbocycles. The van der Waals surface area contributed by atoms with Gasteiger partial charge in [0.2, 0.25) is 0 Å². The van der Waals surface area contributed by atoms with Crippen LogP contribution in [0.4, 0.5) is 11.5 Å². The molecule has 2 aromatic carbocycles. The van der Waals surface area contributed by atoms with Gasteiger partial charge < -0.3 is 10.6 Å². The number of hydrogen-bond donors (Lipinski definition) is 1. The summed E-state index contributed by atoms with van der Waals surface area (Å²) < 4.78 is 0. The van der Waals surface area contributed by atoms with Crippen molar-refractivity contribution in [1.29, 1.82) is 0 Å². The van der Waals surface area contributed by atoms with Gasteiger partial charge in [0, 0.05) is 25.3 Å². The summed E-state index contributed by atoms with van der Waals surface area (Å²) in [5, 5.41) is 0.706. The fraction of sp³-hybridized carbons (Fsp3) is 0.258. The maximum absolute atomic E-state index is 12.7. The second kappa shape index (κ2) is 9.82. The Morgan fingerprint density at radius 3 is 2.13 bits per heavy atom. The molecule has 0 unspecified atom stereocenters. The maximum Gasteiger partial charge on any atom is 0.180 e. The number of nitrogen functional groups attached to an aromatic ring is 1. The molecule has 0 spiro atoms. The van der Waals surface area contributed by atoms with Gasteiger partial charge in [-0.05, 0) is 54.2 Å². The number of nitrogens with zero attached hydrogens (tertiary/aromatic N) is 4. The molecular formula is C31H31N5O2. The zero-order valence-electron chi connectivity index (χ0n) is 22.2. The molecule has 4 aromatic rings. The first-order valence-corrected chi connectivity index (χ1v) is 12.9. The Morgan fingerprint density at radius 1 is 0.895 bits per heavy atom. The second-order valence-electron chi connectivity index (χ2n) is 9.92. The van der Waals surface area contributed by atoms with Crippen molar-refractivity contribution in [3.63, 3.8) is 0 Å². The molecule has 192 valence electrons. The zero-order chi connectivity index (χ0) is 27.0. The zero-order valence-corrected chi connectivity index (χ0v) is 22.2. The maximum atomic E-state index is 12.7. The summed E-state index contributed by atoms with van der Waals surface area (Å²) in [4.78, 5) is 40.7. The van der Waals surface area contributed by atoms with Crippen LogP contribution in [0.2, 0.25) is 0 Å². The third kappa shape index (κ3) is 4.14. The van der Waals surface area contributed by atoms with E-state index in [1.165, 1.54) is 6.33 Å². The van der Waals surface area contributed by atoms with Crippen LogP contribution in [-0.4, -0.2) is 40.6 Å². The number of carbonyl (C=O) groups is 2. The van der Waals surface area contributed by atoms with E-state index in [1.807, 2.05) is 70.4 Å². The first-order valence-electron chi connectivity index (χ1n) is 12.9. The fourth-order valence-corrected chi connectivity index (χ4v) is 5.17. The number of aromatic nitrogens is 3. The number of allylic oxidation sites excluding steroid dienone is 2. The number of Topliss-reactive ketones (excluding diaryl/α,β-unsaturated/α-hetero) is 2. The van der Waals surface area contributed by atoms with Crippen molar-refractivity contribution in [2.24, 2.45) is 5.41 Å². The average Bonchev–Trinajstić information content (AvgIpc) is 2.94. The van der Waals surface area contributed by atoms with E-state index in [2.05, 4.69) is 27.0 Å². The summed E-state index contributed by atoms with van der Waals surface area (Å²) in [6.45, 7) is 3.80. The van der Waals surface area contributed by atoms with Crippen molar-refractivity contribution in [2.45, 2.75) is 33.1 Å². The monoisotopic (exact) mass is 505 g/mol. The normalized spacial score (nSPS) is 14.5. The van der Waals surface area contributed by atoms with Gasteiger partial charge in [-0.2, -0.15) is 0 Å². The van der Waals surface area contributed by atoms with Crippen molar-refractivity contribution >= 4 is 34.1 Å². The van der Waals surface area contributed by atoms with Crippen molar-refractivity contribution in [1.82, 2.24) is 15.0 Å². The summed E-state index contributed by atoms with van der Waals surface area (Å²) >= 11 is 0. The van der Waals surface area contributed by atoms with Crippen LogP contribution in [0.25, 0.3) is 33.4 Å². The molecule has 0 saturated heterocycles. The van der Waals surface area contributed by atoms with Gasteiger partial charge in [0.1, 0.15) is 12.1 Å². The molecule has 2 N–H and O–H groups in total. The SMILES string of the molecule is CCC1(CC)C(=O)C(=CCc2ccc(-c3cc(-c4ccc(N(C)C)cc4)nc4ncnc(N)c34)cc2)C1=O. The molecule has 0 aliphatic heterocycles. The van der Waals surface area contributed by atoms with E-state index in [0.717, 1.165) is 33.6 Å². The predicted molar refractivity (Wildman–Crippen MR) is 152 cm³/mol. The molecule has 7 heteroatoms. The van der Waals surface area contributed by atoms with Crippen molar-refractivity contribution in [3.8, 4) is 22.4 Å². The Balaban J connectivity index is 1.47. The number of anilines is 2. The lowest BCUT2D eigenvalue weighted by Gasteiger charge is -2.38. The molecule has 0 bridgehead atoms. The third-order valence-electron chi connectivity index (χ3n) is 7.69. The lowest BCUT2D eigenvalue weighted by Crippen LogP contribution is -2.52. The number of hydrogen-bond acceptors (Lipinski definition) is 7. The van der Waals surface area contributed by atoms with Gasteiger partial charge in [0.15, 0.2) is 17.2 Å². The number of ketones is 2. The quantitative estimate of drug-likeness (QED) is 0.203. The molecule has 7 nitrogen and oxygen atoms in total. The van der Waals surface area contributed by atoms with Gasteiger partial charge in [-0.3, -0.25) is 9.59 Å². The molecule has 2 heterocycles. The number of benzene rings is 2. The van der Waals surface area contributed by atoms with E-state index in [4.69, 9.17) is 10.7 Å². The van der Waals surface area contributed by atoms with Crippen molar-refractivity contribution < 1.29 is 9.59 Å². The van der Waals surface area contributed by atoms with Gasteiger partial charge in [0.05, 0.1) is 22.1 Å². The van der Waals surface area contributed by atoms with Crippen LogP contribution in [0.3, 0.4) is 0 Å². The van der Waals surface area contributed by atoms with Crippen LogP contribution in [0.1, 0.15) is 32.3 Å². The molecule has 2 aromatic heterocycles.